The topological polar surface area (TPSA) is 17.8 Å². The van der Waals surface area contributed by atoms with Crippen LogP contribution in [-0.4, -0.2) is 15.3 Å². The van der Waals surface area contributed by atoms with Crippen molar-refractivity contribution in [2.75, 3.05) is 5.75 Å². The molecular formula is C7H8N2S. The van der Waals surface area contributed by atoms with E-state index in [-0.39, 0.29) is 0 Å². The van der Waals surface area contributed by atoms with Gasteiger partial charge in [0.25, 0.3) is 0 Å². The van der Waals surface area contributed by atoms with E-state index in [0.29, 0.717) is 5.75 Å². The lowest BCUT2D eigenvalue weighted by atomic mass is 10.6. The Bertz CT molecular complexity index is 267. The standard InChI is InChI=1S/C7H8N2S/c1-9-5-4-8-7(9)3-2-6-10/h4-5,10H,6H2,1H3. The Labute approximate surface area is 65.7 Å². The van der Waals surface area contributed by atoms with Gasteiger partial charge < -0.3 is 4.57 Å². The van der Waals surface area contributed by atoms with E-state index in [0.717, 1.165) is 5.82 Å². The number of hydrogen-bond donors (Lipinski definition) is 1. The molecule has 10 heavy (non-hydrogen) atoms. The van der Waals surface area contributed by atoms with Gasteiger partial charge in [0.1, 0.15) is 0 Å². The van der Waals surface area contributed by atoms with Crippen molar-refractivity contribution in [3.63, 3.8) is 0 Å². The van der Waals surface area contributed by atoms with Crippen molar-refractivity contribution in [2.24, 2.45) is 7.05 Å². The second-order valence-corrected chi connectivity index (χ2v) is 2.14. The average Bonchev–Trinajstić information content (AvgIpc) is 2.31. The summed E-state index contributed by atoms with van der Waals surface area (Å²) < 4.78 is 1.87. The van der Waals surface area contributed by atoms with E-state index in [1.165, 1.54) is 0 Å². The zero-order valence-electron chi connectivity index (χ0n) is 5.70. The molecule has 0 aromatic carbocycles. The van der Waals surface area contributed by atoms with Crippen LogP contribution in [0.15, 0.2) is 12.4 Å². The summed E-state index contributed by atoms with van der Waals surface area (Å²) in [5, 5.41) is 0. The molecule has 0 bridgehead atoms. The molecule has 3 heteroatoms. The molecule has 1 heterocycles. The van der Waals surface area contributed by atoms with Crippen molar-refractivity contribution in [1.29, 1.82) is 0 Å². The molecule has 0 aliphatic rings. The molecule has 1 aromatic heterocycles. The fourth-order valence-corrected chi connectivity index (χ4v) is 0.684. The van der Waals surface area contributed by atoms with E-state index in [4.69, 9.17) is 0 Å². The molecule has 0 unspecified atom stereocenters. The van der Waals surface area contributed by atoms with Crippen molar-refractivity contribution in [3.8, 4) is 11.8 Å². The van der Waals surface area contributed by atoms with Gasteiger partial charge in [-0.15, -0.1) is 0 Å². The minimum atomic E-state index is 0.576. The van der Waals surface area contributed by atoms with Gasteiger partial charge in [0, 0.05) is 19.4 Å². The van der Waals surface area contributed by atoms with Crippen molar-refractivity contribution in [3.05, 3.63) is 18.2 Å². The second kappa shape index (κ2) is 3.33. The van der Waals surface area contributed by atoms with Gasteiger partial charge in [-0.25, -0.2) is 4.98 Å². The summed E-state index contributed by atoms with van der Waals surface area (Å²) in [6.45, 7) is 0. The smallest absolute Gasteiger partial charge is 0.185 e. The van der Waals surface area contributed by atoms with Gasteiger partial charge in [-0.3, -0.25) is 0 Å². The first kappa shape index (κ1) is 7.23. The van der Waals surface area contributed by atoms with Gasteiger partial charge in [0.05, 0.1) is 5.75 Å². The highest BCUT2D eigenvalue weighted by Gasteiger charge is 1.89. The van der Waals surface area contributed by atoms with Crippen LogP contribution in [0.1, 0.15) is 5.82 Å². The zero-order valence-corrected chi connectivity index (χ0v) is 6.60. The predicted molar refractivity (Wildman–Crippen MR) is 43.9 cm³/mol. The summed E-state index contributed by atoms with van der Waals surface area (Å²) in [6.07, 6.45) is 3.59. The van der Waals surface area contributed by atoms with E-state index >= 15 is 0 Å². The molecule has 1 aromatic rings. The lowest BCUT2D eigenvalue weighted by molar-refractivity contribution is 0.893. The van der Waals surface area contributed by atoms with Crippen molar-refractivity contribution in [1.82, 2.24) is 9.55 Å². The first-order chi connectivity index (χ1) is 4.84. The van der Waals surface area contributed by atoms with E-state index in [9.17, 15) is 0 Å². The number of rotatable bonds is 0. The fourth-order valence-electron chi connectivity index (χ4n) is 0.605. The first-order valence-corrected chi connectivity index (χ1v) is 3.55. The van der Waals surface area contributed by atoms with Crippen LogP contribution in [0.25, 0.3) is 0 Å². The highest BCUT2D eigenvalue weighted by Crippen LogP contribution is 1.89. The third-order valence-electron chi connectivity index (χ3n) is 1.10. The van der Waals surface area contributed by atoms with Crippen LogP contribution in [0.3, 0.4) is 0 Å². The Morgan fingerprint density at radius 3 is 3.10 bits per heavy atom. The minimum Gasteiger partial charge on any atom is -0.327 e. The molecule has 52 valence electrons. The predicted octanol–water partition coefficient (Wildman–Crippen LogP) is 0.701. The van der Waals surface area contributed by atoms with Gasteiger partial charge in [-0.1, -0.05) is 5.92 Å². The molecule has 0 aliphatic carbocycles. The maximum Gasteiger partial charge on any atom is 0.185 e. The van der Waals surface area contributed by atoms with Gasteiger partial charge in [-0.2, -0.15) is 12.6 Å². The maximum atomic E-state index is 4.01. The molecule has 2 nitrogen and oxygen atoms in total. The average molecular weight is 152 g/mol. The van der Waals surface area contributed by atoms with E-state index in [1.54, 1.807) is 6.20 Å². The maximum absolute atomic E-state index is 4.01. The minimum absolute atomic E-state index is 0.576. The zero-order chi connectivity index (χ0) is 7.40. The number of aryl methyl sites for hydroxylation is 1. The summed E-state index contributed by atoms with van der Waals surface area (Å²) in [5.74, 6) is 7.05. The van der Waals surface area contributed by atoms with Crippen LogP contribution in [0.2, 0.25) is 0 Å². The molecule has 0 saturated carbocycles. The molecule has 0 saturated heterocycles. The van der Waals surface area contributed by atoms with Crippen LogP contribution in [0.5, 0.6) is 0 Å². The highest BCUT2D eigenvalue weighted by molar-refractivity contribution is 7.80. The van der Waals surface area contributed by atoms with E-state index < -0.39 is 0 Å². The van der Waals surface area contributed by atoms with Gasteiger partial charge >= 0.3 is 0 Å². The number of nitrogens with zero attached hydrogens (tertiary/aromatic N) is 2. The molecule has 1 rings (SSSR count). The molecular weight excluding hydrogens is 144 g/mol. The Hall–Kier alpha value is -0.880. The molecule has 0 radical (unpaired) electrons. The van der Waals surface area contributed by atoms with Crippen LogP contribution < -0.4 is 0 Å². The van der Waals surface area contributed by atoms with Crippen LogP contribution >= 0.6 is 12.6 Å². The van der Waals surface area contributed by atoms with Crippen molar-refractivity contribution < 1.29 is 0 Å². The Morgan fingerprint density at radius 2 is 2.60 bits per heavy atom. The van der Waals surface area contributed by atoms with Gasteiger partial charge in [0.2, 0.25) is 0 Å². The van der Waals surface area contributed by atoms with Crippen molar-refractivity contribution in [2.45, 2.75) is 0 Å². The summed E-state index contributed by atoms with van der Waals surface area (Å²) >= 11 is 3.96. The van der Waals surface area contributed by atoms with E-state index in [2.05, 4.69) is 29.5 Å². The Morgan fingerprint density at radius 1 is 1.80 bits per heavy atom. The molecule has 0 atom stereocenters. The number of thiol groups is 1. The van der Waals surface area contributed by atoms with Crippen molar-refractivity contribution >= 4 is 12.6 Å². The molecule has 0 amide bonds. The van der Waals surface area contributed by atoms with E-state index in [1.807, 2.05) is 17.8 Å². The second-order valence-electron chi connectivity index (χ2n) is 1.82. The molecule has 0 fully saturated rings. The third kappa shape index (κ3) is 1.55. The van der Waals surface area contributed by atoms with Gasteiger partial charge in [0.15, 0.2) is 5.82 Å². The summed E-state index contributed by atoms with van der Waals surface area (Å²) in [4.78, 5) is 4.01. The molecule has 0 N–H and O–H groups in total. The largest absolute Gasteiger partial charge is 0.327 e. The molecule has 0 aliphatic heterocycles. The lowest BCUT2D eigenvalue weighted by Gasteiger charge is -1.87. The molecule has 0 spiro atoms. The highest BCUT2D eigenvalue weighted by atomic mass is 32.1. The third-order valence-corrected chi connectivity index (χ3v) is 1.26. The Balaban J connectivity index is 2.84. The summed E-state index contributed by atoms with van der Waals surface area (Å²) in [5.41, 5.74) is 0. The quantitative estimate of drug-likeness (QED) is 0.428. The van der Waals surface area contributed by atoms with Gasteiger partial charge in [-0.05, 0) is 5.92 Å². The summed E-state index contributed by atoms with van der Waals surface area (Å²) in [6, 6.07) is 0. The van der Waals surface area contributed by atoms with Crippen LogP contribution in [0, 0.1) is 11.8 Å². The number of imidazole rings is 1. The number of aromatic nitrogens is 2. The SMILES string of the molecule is Cn1ccnc1C#CCS. The number of hydrogen-bond acceptors (Lipinski definition) is 2. The normalized spacial score (nSPS) is 8.60. The van der Waals surface area contributed by atoms with Crippen LogP contribution in [0.4, 0.5) is 0 Å². The summed E-state index contributed by atoms with van der Waals surface area (Å²) in [7, 11) is 1.91. The lowest BCUT2D eigenvalue weighted by Crippen LogP contribution is -1.90. The monoisotopic (exact) mass is 152 g/mol. The first-order valence-electron chi connectivity index (χ1n) is 2.91. The fraction of sp³-hybridized carbons (Fsp3) is 0.286. The van der Waals surface area contributed by atoms with Crippen LogP contribution in [-0.2, 0) is 7.05 Å². The Kier molecular flexibility index (Phi) is 2.41.